The van der Waals surface area contributed by atoms with Crippen LogP contribution in [0.25, 0.3) is 0 Å². The molecule has 1 aromatic heterocycles. The van der Waals surface area contributed by atoms with Gasteiger partial charge < -0.3 is 15.2 Å². The van der Waals surface area contributed by atoms with Crippen LogP contribution in [0.2, 0.25) is 0 Å². The van der Waals surface area contributed by atoms with E-state index in [9.17, 15) is 0 Å². The number of thiocarbonyl (C=S) groups is 1. The zero-order valence-corrected chi connectivity index (χ0v) is 14.1. The Morgan fingerprint density at radius 2 is 2.26 bits per heavy atom. The van der Waals surface area contributed by atoms with Gasteiger partial charge in [0.25, 0.3) is 0 Å². The molecule has 0 saturated carbocycles. The minimum Gasteiger partial charge on any atom is -0.454 e. The van der Waals surface area contributed by atoms with Gasteiger partial charge in [-0.05, 0) is 42.2 Å². The van der Waals surface area contributed by atoms with Gasteiger partial charge in [-0.2, -0.15) is 14.8 Å². The minimum atomic E-state index is 0.226. The van der Waals surface area contributed by atoms with Crippen LogP contribution >= 0.6 is 24.0 Å². The third kappa shape index (κ3) is 3.22. The lowest BCUT2D eigenvalue weighted by Crippen LogP contribution is -2.28. The summed E-state index contributed by atoms with van der Waals surface area (Å²) in [6.45, 7) is 0.239. The number of nitrogens with zero attached hydrogens (tertiary/aromatic N) is 5. The molecule has 0 atom stereocenters. The molecule has 0 unspecified atom stereocenters. The van der Waals surface area contributed by atoms with Crippen molar-refractivity contribution in [1.82, 2.24) is 19.8 Å². The molecule has 3 rings (SSSR count). The molecule has 0 fully saturated rings. The summed E-state index contributed by atoms with van der Waals surface area (Å²) in [7, 11) is 1.71. The largest absolute Gasteiger partial charge is 0.454 e. The van der Waals surface area contributed by atoms with Crippen LogP contribution < -0.4 is 15.2 Å². The molecule has 0 saturated heterocycles. The van der Waals surface area contributed by atoms with Crippen molar-refractivity contribution in [3.8, 4) is 11.5 Å². The zero-order valence-electron chi connectivity index (χ0n) is 12.5. The van der Waals surface area contributed by atoms with E-state index < -0.39 is 0 Å². The molecular formula is C13H14N6O2S2. The summed E-state index contributed by atoms with van der Waals surface area (Å²) in [5.74, 6) is 1.65. The molecule has 2 N–H and O–H groups in total. The van der Waals surface area contributed by atoms with Crippen LogP contribution in [0.1, 0.15) is 5.56 Å². The third-order valence-electron chi connectivity index (χ3n) is 3.03. The molecule has 8 nitrogen and oxygen atoms in total. The van der Waals surface area contributed by atoms with Gasteiger partial charge in [-0.1, -0.05) is 11.8 Å². The van der Waals surface area contributed by atoms with E-state index in [-0.39, 0.29) is 12.7 Å². The van der Waals surface area contributed by atoms with Gasteiger partial charge in [-0.25, -0.2) is 5.01 Å². The number of rotatable bonds is 3. The van der Waals surface area contributed by atoms with Gasteiger partial charge in [0, 0.05) is 7.05 Å². The summed E-state index contributed by atoms with van der Waals surface area (Å²) in [5.41, 5.74) is 6.67. The highest BCUT2D eigenvalue weighted by Gasteiger charge is 2.14. The number of thioether (sulfide) groups is 1. The maximum absolute atomic E-state index is 5.80. The fourth-order valence-electron chi connectivity index (χ4n) is 1.86. The van der Waals surface area contributed by atoms with Crippen molar-refractivity contribution >= 4 is 41.3 Å². The predicted octanol–water partition coefficient (Wildman–Crippen LogP) is 1.41. The summed E-state index contributed by atoms with van der Waals surface area (Å²) in [5, 5.41) is 10.9. The quantitative estimate of drug-likeness (QED) is 0.385. The van der Waals surface area contributed by atoms with E-state index >= 15 is 0 Å². The van der Waals surface area contributed by atoms with Crippen LogP contribution in [-0.2, 0) is 0 Å². The van der Waals surface area contributed by atoms with Crippen LogP contribution in [0.3, 0.4) is 0 Å². The molecule has 0 radical (unpaired) electrons. The number of hydrogen-bond acceptors (Lipinski definition) is 8. The Labute approximate surface area is 142 Å². The first-order valence-corrected chi connectivity index (χ1v) is 8.20. The van der Waals surface area contributed by atoms with E-state index in [1.807, 2.05) is 24.5 Å². The van der Waals surface area contributed by atoms with Gasteiger partial charge in [0.2, 0.25) is 23.0 Å². The van der Waals surface area contributed by atoms with E-state index in [1.54, 1.807) is 13.3 Å². The monoisotopic (exact) mass is 350 g/mol. The first-order valence-electron chi connectivity index (χ1n) is 6.56. The molecule has 0 amide bonds. The van der Waals surface area contributed by atoms with Crippen molar-refractivity contribution in [1.29, 1.82) is 0 Å². The van der Waals surface area contributed by atoms with Crippen molar-refractivity contribution in [2.45, 2.75) is 5.16 Å². The van der Waals surface area contributed by atoms with Gasteiger partial charge in [-0.15, -0.1) is 5.10 Å². The lowest BCUT2D eigenvalue weighted by molar-refractivity contribution is 0.174. The molecule has 2 aromatic rings. The Hall–Kier alpha value is -2.33. The lowest BCUT2D eigenvalue weighted by Gasteiger charge is -2.13. The number of aromatic nitrogens is 3. The normalized spacial score (nSPS) is 12.8. The van der Waals surface area contributed by atoms with Gasteiger partial charge in [0.05, 0.1) is 6.21 Å². The SMILES string of the molecule is CSc1nc(N)n(C(=S)N(C)/N=C/c2ccc3c(c2)OCO3)n1. The second kappa shape index (κ2) is 6.42. The summed E-state index contributed by atoms with van der Waals surface area (Å²) >= 11 is 6.71. The smallest absolute Gasteiger partial charge is 0.231 e. The standard InChI is InChI=1S/C13H14N6O2S2/c1-18(13(22)19-11(14)16-12(17-19)23-2)15-6-8-3-4-9-10(5-8)21-7-20-9/h3-6H,7H2,1-2H3,(H2,14,16,17)/b15-6+. The first kappa shape index (κ1) is 15.6. The second-order valence-corrected chi connectivity index (χ2v) is 5.67. The molecular weight excluding hydrogens is 336 g/mol. The number of nitrogen functional groups attached to an aromatic ring is 1. The molecule has 0 aliphatic carbocycles. The van der Waals surface area contributed by atoms with Crippen LogP contribution in [-0.4, -0.2) is 51.2 Å². The van der Waals surface area contributed by atoms with Crippen LogP contribution in [0.4, 0.5) is 5.95 Å². The molecule has 0 bridgehead atoms. The summed E-state index contributed by atoms with van der Waals surface area (Å²) < 4.78 is 12.0. The van der Waals surface area contributed by atoms with E-state index in [1.165, 1.54) is 21.5 Å². The topological polar surface area (TPSA) is 90.8 Å². The molecule has 2 heterocycles. The van der Waals surface area contributed by atoms with Crippen LogP contribution in [0.15, 0.2) is 28.5 Å². The minimum absolute atomic E-state index is 0.226. The molecule has 1 aliphatic rings. The fraction of sp³-hybridized carbons (Fsp3) is 0.231. The molecule has 0 spiro atoms. The van der Waals surface area contributed by atoms with Crippen molar-refractivity contribution < 1.29 is 9.47 Å². The Morgan fingerprint density at radius 3 is 3.00 bits per heavy atom. The van der Waals surface area contributed by atoms with Crippen LogP contribution in [0.5, 0.6) is 11.5 Å². The second-order valence-electron chi connectivity index (χ2n) is 4.53. The number of fused-ring (bicyclic) bond motifs is 1. The molecule has 1 aromatic carbocycles. The Morgan fingerprint density at radius 1 is 1.48 bits per heavy atom. The summed E-state index contributed by atoms with van der Waals surface area (Å²) in [4.78, 5) is 4.09. The number of benzene rings is 1. The van der Waals surface area contributed by atoms with Gasteiger partial charge >= 0.3 is 0 Å². The Kier molecular flexibility index (Phi) is 4.35. The highest BCUT2D eigenvalue weighted by atomic mass is 32.2. The lowest BCUT2D eigenvalue weighted by atomic mass is 10.2. The molecule has 120 valence electrons. The van der Waals surface area contributed by atoms with E-state index in [0.29, 0.717) is 16.0 Å². The number of nitrogens with two attached hydrogens (primary N) is 1. The molecule has 10 heteroatoms. The summed E-state index contributed by atoms with van der Waals surface area (Å²) in [6.07, 6.45) is 3.53. The van der Waals surface area contributed by atoms with E-state index in [0.717, 1.165) is 11.3 Å². The highest BCUT2D eigenvalue weighted by Crippen LogP contribution is 2.31. The highest BCUT2D eigenvalue weighted by molar-refractivity contribution is 7.98. The van der Waals surface area contributed by atoms with Crippen LogP contribution in [0, 0.1) is 0 Å². The Bertz CT molecular complexity index is 776. The van der Waals surface area contributed by atoms with Crippen molar-refractivity contribution in [2.75, 3.05) is 25.8 Å². The van der Waals surface area contributed by atoms with Crippen molar-refractivity contribution in [3.05, 3.63) is 23.8 Å². The van der Waals surface area contributed by atoms with Gasteiger partial charge in [0.1, 0.15) is 0 Å². The van der Waals surface area contributed by atoms with E-state index in [2.05, 4.69) is 15.2 Å². The number of ether oxygens (including phenoxy) is 2. The van der Waals surface area contributed by atoms with Gasteiger partial charge in [-0.3, -0.25) is 0 Å². The van der Waals surface area contributed by atoms with Crippen molar-refractivity contribution in [3.63, 3.8) is 0 Å². The maximum Gasteiger partial charge on any atom is 0.231 e. The Balaban J connectivity index is 1.74. The maximum atomic E-state index is 5.80. The van der Waals surface area contributed by atoms with E-state index in [4.69, 9.17) is 27.4 Å². The number of hydrogen-bond donors (Lipinski definition) is 1. The van der Waals surface area contributed by atoms with Crippen molar-refractivity contribution in [2.24, 2.45) is 5.10 Å². The third-order valence-corrected chi connectivity index (χ3v) is 4.01. The average Bonchev–Trinajstić information content (AvgIpc) is 3.17. The number of hydrazone groups is 1. The molecule has 23 heavy (non-hydrogen) atoms. The number of anilines is 1. The average molecular weight is 350 g/mol. The van der Waals surface area contributed by atoms with Gasteiger partial charge in [0.15, 0.2) is 11.5 Å². The molecule has 1 aliphatic heterocycles. The zero-order chi connectivity index (χ0) is 16.4. The predicted molar refractivity (Wildman–Crippen MR) is 92.1 cm³/mol. The summed E-state index contributed by atoms with van der Waals surface area (Å²) in [6, 6.07) is 5.56. The fourth-order valence-corrected chi connectivity index (χ4v) is 2.39. The first-order chi connectivity index (χ1) is 11.1.